The zero-order valence-electron chi connectivity index (χ0n) is 13.3. The summed E-state index contributed by atoms with van der Waals surface area (Å²) in [5.41, 5.74) is 0. The molecule has 2 aliphatic rings. The second-order valence-electron chi connectivity index (χ2n) is 6.16. The summed E-state index contributed by atoms with van der Waals surface area (Å²) in [4.78, 5) is 47.5. The number of nitrogens with one attached hydrogen (secondary N) is 2. The molecule has 7 nitrogen and oxygen atoms in total. The third kappa shape index (κ3) is 5.53. The normalized spacial score (nSPS) is 19.4. The van der Waals surface area contributed by atoms with Gasteiger partial charge < -0.3 is 10.6 Å². The molecule has 1 heterocycles. The molecule has 1 aliphatic carbocycles. The molecule has 128 valence electrons. The van der Waals surface area contributed by atoms with E-state index in [0.717, 1.165) is 29.5 Å². The van der Waals surface area contributed by atoms with Crippen molar-refractivity contribution in [2.45, 2.75) is 45.1 Å². The number of carbonyl (C=O) groups is 4. The van der Waals surface area contributed by atoms with Gasteiger partial charge in [0.25, 0.3) is 5.24 Å². The molecule has 1 aliphatic heterocycles. The lowest BCUT2D eigenvalue weighted by molar-refractivity contribution is -0.126. The summed E-state index contributed by atoms with van der Waals surface area (Å²) in [5.74, 6) is -0.239. The first-order chi connectivity index (χ1) is 11.0. The van der Waals surface area contributed by atoms with Gasteiger partial charge >= 0.3 is 0 Å². The van der Waals surface area contributed by atoms with Gasteiger partial charge in [0.15, 0.2) is 0 Å². The number of imide groups is 1. The van der Waals surface area contributed by atoms with Gasteiger partial charge in [-0.3, -0.25) is 24.1 Å². The van der Waals surface area contributed by atoms with Crippen molar-refractivity contribution in [2.75, 3.05) is 18.8 Å². The number of nitrogens with zero attached hydrogens (tertiary/aromatic N) is 1. The van der Waals surface area contributed by atoms with Crippen LogP contribution in [-0.4, -0.2) is 52.7 Å². The molecule has 0 bridgehead atoms. The first-order valence-corrected chi connectivity index (χ1v) is 8.97. The van der Waals surface area contributed by atoms with Gasteiger partial charge in [0.05, 0.1) is 5.75 Å². The Morgan fingerprint density at radius 3 is 2.52 bits per heavy atom. The van der Waals surface area contributed by atoms with Gasteiger partial charge in [0.1, 0.15) is 0 Å². The highest BCUT2D eigenvalue weighted by molar-refractivity contribution is 8.14. The molecule has 2 fully saturated rings. The minimum atomic E-state index is -0.259. The fourth-order valence-corrected chi connectivity index (χ4v) is 3.27. The minimum absolute atomic E-state index is 0.000264. The van der Waals surface area contributed by atoms with Crippen molar-refractivity contribution in [3.8, 4) is 0 Å². The maximum Gasteiger partial charge on any atom is 0.288 e. The van der Waals surface area contributed by atoms with Crippen LogP contribution in [0.15, 0.2) is 0 Å². The average molecular weight is 341 g/mol. The average Bonchev–Trinajstić information content (AvgIpc) is 2.74. The molecule has 0 aromatic carbocycles. The van der Waals surface area contributed by atoms with Crippen LogP contribution in [0.4, 0.5) is 4.79 Å². The molecule has 1 saturated heterocycles. The monoisotopic (exact) mass is 341 g/mol. The summed E-state index contributed by atoms with van der Waals surface area (Å²) in [7, 11) is 0. The van der Waals surface area contributed by atoms with Crippen molar-refractivity contribution < 1.29 is 19.2 Å². The van der Waals surface area contributed by atoms with E-state index in [-0.39, 0.29) is 54.1 Å². The van der Waals surface area contributed by atoms with E-state index in [1.807, 2.05) is 6.92 Å². The Balaban J connectivity index is 1.59. The largest absolute Gasteiger partial charge is 0.354 e. The summed E-state index contributed by atoms with van der Waals surface area (Å²) in [6.45, 7) is 2.31. The topological polar surface area (TPSA) is 95.6 Å². The Morgan fingerprint density at radius 2 is 1.96 bits per heavy atom. The lowest BCUT2D eigenvalue weighted by Crippen LogP contribution is -2.40. The maximum absolute atomic E-state index is 11.8. The number of thioether (sulfide) groups is 1. The predicted molar refractivity (Wildman–Crippen MR) is 86.8 cm³/mol. The fraction of sp³-hybridized carbons (Fsp3) is 0.733. The highest BCUT2D eigenvalue weighted by Crippen LogP contribution is 2.19. The van der Waals surface area contributed by atoms with E-state index in [1.165, 1.54) is 6.42 Å². The van der Waals surface area contributed by atoms with Crippen LogP contribution >= 0.6 is 11.8 Å². The van der Waals surface area contributed by atoms with E-state index < -0.39 is 0 Å². The van der Waals surface area contributed by atoms with Crippen LogP contribution in [0.5, 0.6) is 0 Å². The van der Waals surface area contributed by atoms with E-state index >= 15 is 0 Å². The van der Waals surface area contributed by atoms with E-state index in [1.54, 1.807) is 0 Å². The standard InChI is InChI=1S/C15H23N3O4S/c1-10(8-13(20)17-11-3-2-4-11)7-12(19)16-5-6-18-14(21)9-23-15(18)22/h10-11H,2-9H2,1H3,(H,16,19)(H,17,20). The van der Waals surface area contributed by atoms with Crippen LogP contribution in [0, 0.1) is 5.92 Å². The van der Waals surface area contributed by atoms with E-state index in [0.29, 0.717) is 12.5 Å². The van der Waals surface area contributed by atoms with Crippen LogP contribution in [0.25, 0.3) is 0 Å². The van der Waals surface area contributed by atoms with Gasteiger partial charge in [-0.15, -0.1) is 0 Å². The molecule has 0 radical (unpaired) electrons. The molecular weight excluding hydrogens is 318 g/mol. The molecule has 1 saturated carbocycles. The molecule has 1 atom stereocenters. The van der Waals surface area contributed by atoms with Crippen molar-refractivity contribution in [2.24, 2.45) is 5.92 Å². The van der Waals surface area contributed by atoms with Gasteiger partial charge in [0.2, 0.25) is 17.7 Å². The summed E-state index contributed by atoms with van der Waals surface area (Å²) in [6, 6.07) is 0.317. The van der Waals surface area contributed by atoms with Crippen LogP contribution in [0.3, 0.4) is 0 Å². The molecule has 1 unspecified atom stereocenters. The maximum atomic E-state index is 11.8. The minimum Gasteiger partial charge on any atom is -0.354 e. The molecule has 2 rings (SSSR count). The highest BCUT2D eigenvalue weighted by atomic mass is 32.2. The number of carbonyl (C=O) groups excluding carboxylic acids is 4. The summed E-state index contributed by atoms with van der Waals surface area (Å²) in [5, 5.41) is 5.39. The van der Waals surface area contributed by atoms with Crippen LogP contribution in [-0.2, 0) is 14.4 Å². The van der Waals surface area contributed by atoms with E-state index in [9.17, 15) is 19.2 Å². The first-order valence-electron chi connectivity index (χ1n) is 7.99. The zero-order chi connectivity index (χ0) is 16.8. The Bertz CT molecular complexity index is 477. The quantitative estimate of drug-likeness (QED) is 0.683. The molecular formula is C15H23N3O4S. The van der Waals surface area contributed by atoms with Crippen molar-refractivity contribution in [3.63, 3.8) is 0 Å². The first kappa shape index (κ1) is 17.8. The molecule has 0 aromatic rings. The second kappa shape index (κ2) is 8.33. The lowest BCUT2D eigenvalue weighted by Gasteiger charge is -2.26. The number of hydrogen-bond donors (Lipinski definition) is 2. The van der Waals surface area contributed by atoms with Gasteiger partial charge in [-0.25, -0.2) is 0 Å². The van der Waals surface area contributed by atoms with E-state index in [4.69, 9.17) is 0 Å². The Hall–Kier alpha value is -1.57. The Kier molecular flexibility index (Phi) is 6.44. The van der Waals surface area contributed by atoms with Crippen molar-refractivity contribution in [3.05, 3.63) is 0 Å². The summed E-state index contributed by atoms with van der Waals surface area (Å²) in [6.07, 6.45) is 3.86. The smallest absolute Gasteiger partial charge is 0.288 e. The van der Waals surface area contributed by atoms with Crippen molar-refractivity contribution in [1.82, 2.24) is 15.5 Å². The number of amides is 4. The molecule has 0 spiro atoms. The van der Waals surface area contributed by atoms with Crippen LogP contribution in [0.1, 0.15) is 39.0 Å². The molecule has 2 N–H and O–H groups in total. The molecule has 0 aromatic heterocycles. The Labute approximate surface area is 139 Å². The highest BCUT2D eigenvalue weighted by Gasteiger charge is 2.29. The third-order valence-corrected chi connectivity index (χ3v) is 4.89. The molecule has 8 heteroatoms. The lowest BCUT2D eigenvalue weighted by atomic mass is 9.92. The van der Waals surface area contributed by atoms with Crippen molar-refractivity contribution in [1.29, 1.82) is 0 Å². The number of hydrogen-bond acceptors (Lipinski definition) is 5. The SMILES string of the molecule is CC(CC(=O)NCCN1C(=O)CSC1=O)CC(=O)NC1CCC1. The second-order valence-corrected chi connectivity index (χ2v) is 7.09. The molecule has 4 amide bonds. The third-order valence-electron chi connectivity index (χ3n) is 4.04. The summed E-state index contributed by atoms with van der Waals surface area (Å²) >= 11 is 0.981. The van der Waals surface area contributed by atoms with E-state index in [2.05, 4.69) is 10.6 Å². The Morgan fingerprint density at radius 1 is 1.26 bits per heavy atom. The zero-order valence-corrected chi connectivity index (χ0v) is 14.1. The predicted octanol–water partition coefficient (Wildman–Crippen LogP) is 0.883. The van der Waals surface area contributed by atoms with Gasteiger partial charge in [-0.2, -0.15) is 0 Å². The summed E-state index contributed by atoms with van der Waals surface area (Å²) < 4.78 is 0. The number of rotatable bonds is 8. The van der Waals surface area contributed by atoms with Crippen molar-refractivity contribution >= 4 is 34.7 Å². The van der Waals surface area contributed by atoms with Crippen LogP contribution in [0.2, 0.25) is 0 Å². The van der Waals surface area contributed by atoms with Crippen LogP contribution < -0.4 is 10.6 Å². The fourth-order valence-electron chi connectivity index (χ4n) is 2.52. The molecule has 23 heavy (non-hydrogen) atoms. The van der Waals surface area contributed by atoms with Gasteiger partial charge in [-0.1, -0.05) is 18.7 Å². The van der Waals surface area contributed by atoms with Gasteiger partial charge in [0, 0.05) is 32.0 Å². The van der Waals surface area contributed by atoms with Gasteiger partial charge in [-0.05, 0) is 25.2 Å².